The maximum Gasteiger partial charge on any atom is 0.295 e. The molecule has 1 fully saturated rings. The van der Waals surface area contributed by atoms with E-state index in [1.165, 1.54) is 35.2 Å². The molecule has 1 unspecified atom stereocenters. The number of nitrogens with zero attached hydrogens (tertiary/aromatic N) is 1. The van der Waals surface area contributed by atoms with Crippen LogP contribution in [0.5, 0.6) is 5.75 Å². The Kier molecular flexibility index (Phi) is 6.47. The van der Waals surface area contributed by atoms with Crippen LogP contribution in [0.15, 0.2) is 48.0 Å². The number of carbonyl (C=O) groups is 2. The van der Waals surface area contributed by atoms with E-state index in [1.54, 1.807) is 19.2 Å². The molecular formula is C21H19Cl2NO5. The fraction of sp³-hybridized carbons (Fsp3) is 0.238. The number of hydrogen-bond acceptors (Lipinski definition) is 5. The van der Waals surface area contributed by atoms with Gasteiger partial charge in [-0.05, 0) is 42.3 Å². The molecule has 1 atom stereocenters. The van der Waals surface area contributed by atoms with Crippen molar-refractivity contribution in [2.24, 2.45) is 0 Å². The maximum absolute atomic E-state index is 12.8. The van der Waals surface area contributed by atoms with Gasteiger partial charge in [0.25, 0.3) is 11.7 Å². The quantitative estimate of drug-likeness (QED) is 0.308. The Bertz CT molecular complexity index is 989. The molecule has 0 aromatic heterocycles. The molecule has 29 heavy (non-hydrogen) atoms. The molecule has 0 saturated carbocycles. The summed E-state index contributed by atoms with van der Waals surface area (Å²) in [6.07, 6.45) is 0.506. The van der Waals surface area contributed by atoms with Crippen LogP contribution in [0.3, 0.4) is 0 Å². The first-order valence-corrected chi connectivity index (χ1v) is 9.62. The number of rotatable bonds is 6. The third kappa shape index (κ3) is 4.24. The van der Waals surface area contributed by atoms with Crippen LogP contribution >= 0.6 is 23.2 Å². The number of aliphatic hydroxyl groups excluding tert-OH is 1. The first kappa shape index (κ1) is 21.2. The van der Waals surface area contributed by atoms with Gasteiger partial charge in [-0.15, -0.1) is 0 Å². The minimum absolute atomic E-state index is 0.0143. The van der Waals surface area contributed by atoms with Crippen LogP contribution in [-0.4, -0.2) is 47.1 Å². The van der Waals surface area contributed by atoms with Gasteiger partial charge in [0.15, 0.2) is 0 Å². The van der Waals surface area contributed by atoms with Gasteiger partial charge in [0, 0.05) is 25.8 Å². The highest BCUT2D eigenvalue weighted by Crippen LogP contribution is 2.40. The summed E-state index contributed by atoms with van der Waals surface area (Å²) in [5.41, 5.74) is 0.694. The molecule has 2 aromatic carbocycles. The summed E-state index contributed by atoms with van der Waals surface area (Å²) in [5.74, 6) is -1.90. The summed E-state index contributed by atoms with van der Waals surface area (Å²) < 4.78 is 5.04. The predicted octanol–water partition coefficient (Wildman–Crippen LogP) is 4.16. The van der Waals surface area contributed by atoms with Crippen molar-refractivity contribution in [2.45, 2.75) is 12.5 Å². The molecular weight excluding hydrogens is 417 g/mol. The van der Waals surface area contributed by atoms with E-state index in [4.69, 9.17) is 27.9 Å². The summed E-state index contributed by atoms with van der Waals surface area (Å²) in [5, 5.41) is 21.3. The number of benzene rings is 2. The average molecular weight is 436 g/mol. The van der Waals surface area contributed by atoms with Crippen LogP contribution in [0.25, 0.3) is 5.76 Å². The van der Waals surface area contributed by atoms with E-state index in [0.717, 1.165) is 0 Å². The van der Waals surface area contributed by atoms with Crippen molar-refractivity contribution >= 4 is 40.7 Å². The van der Waals surface area contributed by atoms with Gasteiger partial charge in [-0.3, -0.25) is 9.59 Å². The Morgan fingerprint density at radius 1 is 1.14 bits per heavy atom. The minimum atomic E-state index is -0.853. The molecule has 3 rings (SSSR count). The number of hydrogen-bond donors (Lipinski definition) is 2. The number of Topliss-reactive ketones (excluding diaryl/α,β-unsaturated/α-hetero) is 1. The molecule has 0 bridgehead atoms. The number of halogens is 2. The molecule has 0 spiro atoms. The molecule has 2 N–H and O–H groups in total. The molecule has 2 aromatic rings. The first-order valence-electron chi connectivity index (χ1n) is 8.87. The SMILES string of the molecule is COCCCN1C(=O)C(=O)/C(=C(\O)c2ccc(Cl)c(Cl)c2)C1c1cccc(O)c1. The second-order valence-electron chi connectivity index (χ2n) is 6.56. The van der Waals surface area contributed by atoms with Crippen LogP contribution in [0.2, 0.25) is 10.0 Å². The molecule has 1 heterocycles. The number of ether oxygens (including phenoxy) is 1. The van der Waals surface area contributed by atoms with Crippen molar-refractivity contribution in [3.05, 3.63) is 69.2 Å². The van der Waals surface area contributed by atoms with Crippen molar-refractivity contribution in [1.29, 1.82) is 0 Å². The third-order valence-corrected chi connectivity index (χ3v) is 5.41. The van der Waals surface area contributed by atoms with E-state index in [-0.39, 0.29) is 34.2 Å². The number of likely N-dealkylation sites (tertiary alicyclic amines) is 1. The number of aromatic hydroxyl groups is 1. The normalized spacial score (nSPS) is 18.4. The zero-order valence-corrected chi connectivity index (χ0v) is 17.1. The molecule has 1 amide bonds. The highest BCUT2D eigenvalue weighted by atomic mass is 35.5. The van der Waals surface area contributed by atoms with Crippen LogP contribution in [0.4, 0.5) is 0 Å². The molecule has 1 aliphatic rings. The number of amides is 1. The average Bonchev–Trinajstić information content (AvgIpc) is 2.94. The smallest absolute Gasteiger partial charge is 0.295 e. The van der Waals surface area contributed by atoms with Crippen molar-refractivity contribution in [3.63, 3.8) is 0 Å². The molecule has 0 aliphatic carbocycles. The second kappa shape index (κ2) is 8.86. The van der Waals surface area contributed by atoms with Gasteiger partial charge in [0.1, 0.15) is 11.5 Å². The molecule has 1 saturated heterocycles. The van der Waals surface area contributed by atoms with E-state index >= 15 is 0 Å². The lowest BCUT2D eigenvalue weighted by Gasteiger charge is -2.25. The van der Waals surface area contributed by atoms with Gasteiger partial charge >= 0.3 is 0 Å². The topological polar surface area (TPSA) is 87.1 Å². The van der Waals surface area contributed by atoms with Crippen molar-refractivity contribution in [2.75, 3.05) is 20.3 Å². The summed E-state index contributed by atoms with van der Waals surface area (Å²) in [6, 6.07) is 9.83. The van der Waals surface area contributed by atoms with E-state index in [9.17, 15) is 19.8 Å². The predicted molar refractivity (Wildman–Crippen MR) is 110 cm³/mol. The van der Waals surface area contributed by atoms with Crippen LogP contribution in [0.1, 0.15) is 23.6 Å². The number of methoxy groups -OCH3 is 1. The Labute approximate surface area is 177 Å². The lowest BCUT2D eigenvalue weighted by Crippen LogP contribution is -2.31. The third-order valence-electron chi connectivity index (χ3n) is 4.67. The van der Waals surface area contributed by atoms with Crippen molar-refractivity contribution in [3.8, 4) is 5.75 Å². The largest absolute Gasteiger partial charge is 0.508 e. The molecule has 152 valence electrons. The number of phenols is 1. The monoisotopic (exact) mass is 435 g/mol. The Morgan fingerprint density at radius 3 is 2.55 bits per heavy atom. The van der Waals surface area contributed by atoms with E-state index < -0.39 is 17.7 Å². The molecule has 1 aliphatic heterocycles. The van der Waals surface area contributed by atoms with Gasteiger partial charge in [0.05, 0.1) is 21.7 Å². The van der Waals surface area contributed by atoms with E-state index in [0.29, 0.717) is 23.6 Å². The molecule has 8 heteroatoms. The lowest BCUT2D eigenvalue weighted by atomic mass is 9.95. The zero-order valence-electron chi connectivity index (χ0n) is 15.6. The lowest BCUT2D eigenvalue weighted by molar-refractivity contribution is -0.140. The maximum atomic E-state index is 12.8. The highest BCUT2D eigenvalue weighted by Gasteiger charge is 2.45. The fourth-order valence-corrected chi connectivity index (χ4v) is 3.63. The summed E-state index contributed by atoms with van der Waals surface area (Å²) in [4.78, 5) is 26.9. The standard InChI is InChI=1S/C21H19Cl2NO5/c1-29-9-3-8-24-18(12-4-2-5-14(25)10-12)17(20(27)21(24)28)19(26)13-6-7-15(22)16(23)11-13/h2,4-7,10-11,18,25-26H,3,8-9H2,1H3/b19-17-. The minimum Gasteiger partial charge on any atom is -0.508 e. The number of aliphatic hydroxyl groups is 1. The van der Waals surface area contributed by atoms with Crippen LogP contribution in [-0.2, 0) is 14.3 Å². The van der Waals surface area contributed by atoms with Gasteiger partial charge in [-0.2, -0.15) is 0 Å². The number of phenolic OH excluding ortho intramolecular Hbond substituents is 1. The second-order valence-corrected chi connectivity index (χ2v) is 7.38. The van der Waals surface area contributed by atoms with Gasteiger partial charge in [-0.1, -0.05) is 35.3 Å². The van der Waals surface area contributed by atoms with Crippen LogP contribution < -0.4 is 0 Å². The zero-order chi connectivity index (χ0) is 21.1. The Morgan fingerprint density at radius 2 is 1.90 bits per heavy atom. The number of ketones is 1. The van der Waals surface area contributed by atoms with E-state index in [2.05, 4.69) is 0 Å². The summed E-state index contributed by atoms with van der Waals surface area (Å²) >= 11 is 12.0. The molecule has 6 nitrogen and oxygen atoms in total. The van der Waals surface area contributed by atoms with E-state index in [1.807, 2.05) is 0 Å². The van der Waals surface area contributed by atoms with Gasteiger partial charge < -0.3 is 19.8 Å². The Hall–Kier alpha value is -2.54. The summed E-state index contributed by atoms with van der Waals surface area (Å²) in [7, 11) is 1.55. The van der Waals surface area contributed by atoms with Crippen molar-refractivity contribution < 1.29 is 24.5 Å². The Balaban J connectivity index is 2.14. The fourth-order valence-electron chi connectivity index (χ4n) is 3.33. The van der Waals surface area contributed by atoms with Gasteiger partial charge in [0.2, 0.25) is 0 Å². The van der Waals surface area contributed by atoms with Crippen molar-refractivity contribution in [1.82, 2.24) is 4.90 Å². The highest BCUT2D eigenvalue weighted by molar-refractivity contribution is 6.46. The van der Waals surface area contributed by atoms with Gasteiger partial charge in [-0.25, -0.2) is 0 Å². The summed E-state index contributed by atoms with van der Waals surface area (Å²) in [6.45, 7) is 0.652. The molecule has 0 radical (unpaired) electrons. The van der Waals surface area contributed by atoms with Crippen LogP contribution in [0, 0.1) is 0 Å². The first-order chi connectivity index (χ1) is 13.8. The number of carbonyl (C=O) groups excluding carboxylic acids is 2.